The maximum atomic E-state index is 11.6. The minimum absolute atomic E-state index is 0.0425. The van der Waals surface area contributed by atoms with Crippen LogP contribution in [0.5, 0.6) is 0 Å². The molecule has 5 nitrogen and oxygen atoms in total. The van der Waals surface area contributed by atoms with Crippen molar-refractivity contribution < 1.29 is 8.42 Å². The monoisotopic (exact) mass is 221 g/mol. The first-order valence-corrected chi connectivity index (χ1v) is 6.39. The van der Waals surface area contributed by atoms with Crippen molar-refractivity contribution in [2.24, 2.45) is 11.7 Å². The zero-order chi connectivity index (χ0) is 10.8. The van der Waals surface area contributed by atoms with Crippen LogP contribution in [0.4, 0.5) is 0 Å². The van der Waals surface area contributed by atoms with Crippen LogP contribution in [0.1, 0.15) is 19.8 Å². The number of hydrogen-bond acceptors (Lipinski definition) is 3. The predicted molar refractivity (Wildman–Crippen MR) is 55.9 cm³/mol. The third kappa shape index (κ3) is 2.66. The molecule has 0 aromatic heterocycles. The fraction of sp³-hybridized carbons (Fsp3) is 1.00. The number of nitrogens with two attached hydrogens (primary N) is 1. The lowest BCUT2D eigenvalue weighted by atomic mass is 10.2. The summed E-state index contributed by atoms with van der Waals surface area (Å²) >= 11 is 0. The number of hydrogen-bond donors (Lipinski definition) is 2. The topological polar surface area (TPSA) is 75.4 Å². The molecule has 1 atom stereocenters. The van der Waals surface area contributed by atoms with E-state index in [0.29, 0.717) is 19.0 Å². The van der Waals surface area contributed by atoms with E-state index < -0.39 is 10.2 Å². The molecule has 0 amide bonds. The highest BCUT2D eigenvalue weighted by Gasteiger charge is 2.37. The van der Waals surface area contributed by atoms with Gasteiger partial charge in [0.2, 0.25) is 0 Å². The summed E-state index contributed by atoms with van der Waals surface area (Å²) < 4.78 is 27.1. The zero-order valence-electron chi connectivity index (χ0n) is 8.73. The Morgan fingerprint density at radius 3 is 2.50 bits per heavy atom. The molecule has 1 unspecified atom stereocenters. The van der Waals surface area contributed by atoms with Gasteiger partial charge in [-0.15, -0.1) is 0 Å². The van der Waals surface area contributed by atoms with Crippen molar-refractivity contribution in [3.8, 4) is 0 Å². The second kappa shape index (κ2) is 4.57. The van der Waals surface area contributed by atoms with Crippen molar-refractivity contribution in [1.29, 1.82) is 0 Å². The molecule has 14 heavy (non-hydrogen) atoms. The SMILES string of the molecule is CCNS(=O)(=O)N(C)C(CN)C1CC1. The molecule has 1 aliphatic carbocycles. The molecule has 1 aliphatic rings. The second-order valence-corrected chi connectivity index (χ2v) is 5.47. The standard InChI is InChI=1S/C8H19N3O2S/c1-3-10-14(12,13)11(2)8(6-9)7-4-5-7/h7-8,10H,3-6,9H2,1-2H3. The minimum atomic E-state index is -3.32. The molecular formula is C8H19N3O2S. The lowest BCUT2D eigenvalue weighted by molar-refractivity contribution is 0.336. The van der Waals surface area contributed by atoms with E-state index in [-0.39, 0.29) is 6.04 Å². The van der Waals surface area contributed by atoms with Gasteiger partial charge in [0.05, 0.1) is 0 Å². The van der Waals surface area contributed by atoms with Gasteiger partial charge in [-0.2, -0.15) is 12.7 Å². The summed E-state index contributed by atoms with van der Waals surface area (Å²) in [6.45, 7) is 2.57. The first kappa shape index (κ1) is 11.9. The Bertz CT molecular complexity index is 274. The lowest BCUT2D eigenvalue weighted by Gasteiger charge is -2.26. The van der Waals surface area contributed by atoms with Crippen LogP contribution >= 0.6 is 0 Å². The van der Waals surface area contributed by atoms with Gasteiger partial charge in [-0.25, -0.2) is 4.72 Å². The summed E-state index contributed by atoms with van der Waals surface area (Å²) in [5, 5.41) is 0. The number of rotatable bonds is 6. The van der Waals surface area contributed by atoms with Gasteiger partial charge in [0, 0.05) is 26.2 Å². The van der Waals surface area contributed by atoms with E-state index in [1.807, 2.05) is 0 Å². The van der Waals surface area contributed by atoms with Gasteiger partial charge >= 0.3 is 0 Å². The van der Waals surface area contributed by atoms with E-state index in [0.717, 1.165) is 12.8 Å². The van der Waals surface area contributed by atoms with Crippen molar-refractivity contribution in [2.45, 2.75) is 25.8 Å². The Morgan fingerprint density at radius 1 is 1.57 bits per heavy atom. The highest BCUT2D eigenvalue weighted by atomic mass is 32.2. The third-order valence-corrected chi connectivity index (χ3v) is 4.26. The Hall–Kier alpha value is -0.170. The zero-order valence-corrected chi connectivity index (χ0v) is 9.55. The van der Waals surface area contributed by atoms with Crippen LogP contribution < -0.4 is 10.5 Å². The average molecular weight is 221 g/mol. The van der Waals surface area contributed by atoms with Gasteiger partial charge in [0.25, 0.3) is 10.2 Å². The highest BCUT2D eigenvalue weighted by Crippen LogP contribution is 2.35. The predicted octanol–water partition coefficient (Wildman–Crippen LogP) is -0.490. The van der Waals surface area contributed by atoms with Crippen LogP contribution in [-0.4, -0.2) is 38.9 Å². The molecule has 0 bridgehead atoms. The molecule has 1 rings (SSSR count). The van der Waals surface area contributed by atoms with Gasteiger partial charge in [-0.05, 0) is 18.8 Å². The summed E-state index contributed by atoms with van der Waals surface area (Å²) in [7, 11) is -1.73. The molecule has 0 aliphatic heterocycles. The van der Waals surface area contributed by atoms with Gasteiger partial charge in [0.15, 0.2) is 0 Å². The lowest BCUT2D eigenvalue weighted by Crippen LogP contribution is -2.48. The average Bonchev–Trinajstić information content (AvgIpc) is 2.89. The largest absolute Gasteiger partial charge is 0.329 e. The van der Waals surface area contributed by atoms with Gasteiger partial charge in [-0.3, -0.25) is 0 Å². The smallest absolute Gasteiger partial charge is 0.279 e. The van der Waals surface area contributed by atoms with Crippen LogP contribution in [-0.2, 0) is 10.2 Å². The molecule has 0 spiro atoms. The highest BCUT2D eigenvalue weighted by molar-refractivity contribution is 7.87. The maximum Gasteiger partial charge on any atom is 0.279 e. The Morgan fingerprint density at radius 2 is 2.14 bits per heavy atom. The molecule has 0 radical (unpaired) electrons. The van der Waals surface area contributed by atoms with Crippen LogP contribution in [0.15, 0.2) is 0 Å². The van der Waals surface area contributed by atoms with Crippen LogP contribution in [0.2, 0.25) is 0 Å². The fourth-order valence-corrected chi connectivity index (χ4v) is 2.76. The fourth-order valence-electron chi connectivity index (χ4n) is 1.58. The maximum absolute atomic E-state index is 11.6. The third-order valence-electron chi connectivity index (χ3n) is 2.58. The van der Waals surface area contributed by atoms with Crippen molar-refractivity contribution >= 4 is 10.2 Å². The second-order valence-electron chi connectivity index (χ2n) is 3.66. The minimum Gasteiger partial charge on any atom is -0.329 e. The molecule has 0 aromatic carbocycles. The van der Waals surface area contributed by atoms with E-state index in [1.165, 1.54) is 4.31 Å². The van der Waals surface area contributed by atoms with Crippen LogP contribution in [0.25, 0.3) is 0 Å². The quantitative estimate of drug-likeness (QED) is 0.635. The normalized spacial score (nSPS) is 20.0. The summed E-state index contributed by atoms with van der Waals surface area (Å²) in [6, 6.07) is -0.0425. The molecule has 1 saturated carbocycles. The first-order chi connectivity index (χ1) is 6.53. The molecular weight excluding hydrogens is 202 g/mol. The number of nitrogens with one attached hydrogen (secondary N) is 1. The van der Waals surface area contributed by atoms with Crippen molar-refractivity contribution in [2.75, 3.05) is 20.1 Å². The van der Waals surface area contributed by atoms with Crippen molar-refractivity contribution in [1.82, 2.24) is 9.03 Å². The van der Waals surface area contributed by atoms with Gasteiger partial charge in [-0.1, -0.05) is 6.92 Å². The van der Waals surface area contributed by atoms with Gasteiger partial charge < -0.3 is 5.73 Å². The van der Waals surface area contributed by atoms with Crippen LogP contribution in [0.3, 0.4) is 0 Å². The molecule has 1 fully saturated rings. The molecule has 6 heteroatoms. The summed E-state index contributed by atoms with van der Waals surface area (Å²) in [5.74, 6) is 0.457. The number of likely N-dealkylation sites (N-methyl/N-ethyl adjacent to an activating group) is 1. The van der Waals surface area contributed by atoms with E-state index in [2.05, 4.69) is 4.72 Å². The van der Waals surface area contributed by atoms with E-state index >= 15 is 0 Å². The molecule has 0 aromatic rings. The van der Waals surface area contributed by atoms with Crippen molar-refractivity contribution in [3.63, 3.8) is 0 Å². The van der Waals surface area contributed by atoms with E-state index in [1.54, 1.807) is 14.0 Å². The molecule has 0 heterocycles. The Labute approximate surface area is 85.8 Å². The molecule has 3 N–H and O–H groups in total. The Balaban J connectivity index is 2.65. The van der Waals surface area contributed by atoms with Crippen LogP contribution in [0, 0.1) is 5.92 Å². The van der Waals surface area contributed by atoms with E-state index in [4.69, 9.17) is 5.73 Å². The number of nitrogens with zero attached hydrogens (tertiary/aromatic N) is 1. The molecule has 0 saturated heterocycles. The summed E-state index contributed by atoms with van der Waals surface area (Å²) in [6.07, 6.45) is 2.18. The van der Waals surface area contributed by atoms with Crippen molar-refractivity contribution in [3.05, 3.63) is 0 Å². The van der Waals surface area contributed by atoms with E-state index in [9.17, 15) is 8.42 Å². The summed E-state index contributed by atoms with van der Waals surface area (Å²) in [4.78, 5) is 0. The Kier molecular flexibility index (Phi) is 3.88. The van der Waals surface area contributed by atoms with Gasteiger partial charge in [0.1, 0.15) is 0 Å². The molecule has 84 valence electrons. The first-order valence-electron chi connectivity index (χ1n) is 4.95. The summed E-state index contributed by atoms with van der Waals surface area (Å²) in [5.41, 5.74) is 5.57.